The molecule has 0 aliphatic carbocycles. The topological polar surface area (TPSA) is 110 Å². The molecule has 2 rings (SSSR count). The van der Waals surface area contributed by atoms with Gasteiger partial charge in [0.15, 0.2) is 0 Å². The van der Waals surface area contributed by atoms with Gasteiger partial charge in [-0.1, -0.05) is 12.2 Å². The number of anilines is 2. The Bertz CT molecular complexity index is 569. The molecule has 20 heavy (non-hydrogen) atoms. The summed E-state index contributed by atoms with van der Waals surface area (Å²) in [4.78, 5) is 21.9. The van der Waals surface area contributed by atoms with Crippen LogP contribution in [0.25, 0.3) is 0 Å². The zero-order chi connectivity index (χ0) is 14.5. The molecule has 0 bridgehead atoms. The summed E-state index contributed by atoms with van der Waals surface area (Å²) in [6.45, 7) is 0.892. The lowest BCUT2D eigenvalue weighted by Crippen LogP contribution is -2.19. The lowest BCUT2D eigenvalue weighted by Gasteiger charge is -2.18. The van der Waals surface area contributed by atoms with Crippen LogP contribution in [0.5, 0.6) is 0 Å². The average molecular weight is 276 g/mol. The maximum absolute atomic E-state index is 11.3. The Balaban J connectivity index is 2.27. The smallest absolute Gasteiger partial charge is 0.294 e. The Morgan fingerprint density at radius 1 is 1.40 bits per heavy atom. The van der Waals surface area contributed by atoms with Gasteiger partial charge in [-0.25, -0.2) is 0 Å². The molecule has 0 spiro atoms. The first-order valence-electron chi connectivity index (χ1n) is 6.32. The average Bonchev–Trinajstić information content (AvgIpc) is 2.42. The maximum Gasteiger partial charge on any atom is 0.294 e. The van der Waals surface area contributed by atoms with Crippen LogP contribution >= 0.6 is 0 Å². The van der Waals surface area contributed by atoms with Crippen molar-refractivity contribution in [1.82, 2.24) is 0 Å². The number of rotatable bonds is 5. The van der Waals surface area contributed by atoms with Crippen molar-refractivity contribution in [1.29, 1.82) is 0 Å². The summed E-state index contributed by atoms with van der Waals surface area (Å²) < 4.78 is 0. The highest BCUT2D eigenvalue weighted by atomic mass is 16.6. The number of nitro groups is 1. The summed E-state index contributed by atoms with van der Waals surface area (Å²) in [6.07, 6.45) is 4.58. The molecule has 0 saturated carbocycles. The third-order valence-electron chi connectivity index (χ3n) is 3.03. The number of aryl methyl sites for hydroxylation is 1. The van der Waals surface area contributed by atoms with Gasteiger partial charge in [0.2, 0.25) is 5.91 Å². The van der Waals surface area contributed by atoms with Gasteiger partial charge in [-0.15, -0.1) is 0 Å². The van der Waals surface area contributed by atoms with Crippen LogP contribution in [0.4, 0.5) is 17.1 Å². The molecule has 7 nitrogen and oxygen atoms in total. The first kappa shape index (κ1) is 14.0. The van der Waals surface area contributed by atoms with Crippen molar-refractivity contribution in [3.63, 3.8) is 0 Å². The van der Waals surface area contributed by atoms with Gasteiger partial charge in [-0.2, -0.15) is 0 Å². The predicted octanol–water partition coefficient (Wildman–Crippen LogP) is 1.41. The van der Waals surface area contributed by atoms with Gasteiger partial charge in [-0.3, -0.25) is 14.9 Å². The van der Waals surface area contributed by atoms with Crippen molar-refractivity contribution in [3.8, 4) is 0 Å². The van der Waals surface area contributed by atoms with Crippen molar-refractivity contribution in [2.75, 3.05) is 23.7 Å². The highest BCUT2D eigenvalue weighted by molar-refractivity contribution is 5.95. The molecule has 0 radical (unpaired) electrons. The van der Waals surface area contributed by atoms with Crippen LogP contribution in [0.2, 0.25) is 0 Å². The fourth-order valence-electron chi connectivity index (χ4n) is 2.06. The minimum Gasteiger partial charge on any atom is -0.376 e. The highest BCUT2D eigenvalue weighted by Crippen LogP contribution is 2.33. The van der Waals surface area contributed by atoms with Gasteiger partial charge < -0.3 is 16.4 Å². The van der Waals surface area contributed by atoms with Crippen molar-refractivity contribution < 1.29 is 9.72 Å². The van der Waals surface area contributed by atoms with Crippen LogP contribution < -0.4 is 16.4 Å². The molecule has 0 fully saturated rings. The molecule has 4 N–H and O–H groups in total. The zero-order valence-corrected chi connectivity index (χ0v) is 10.9. The van der Waals surface area contributed by atoms with Gasteiger partial charge in [0.05, 0.1) is 10.6 Å². The Kier molecular flexibility index (Phi) is 4.31. The van der Waals surface area contributed by atoms with E-state index in [4.69, 9.17) is 5.73 Å². The number of hydrogen-bond acceptors (Lipinski definition) is 5. The molecule has 0 saturated heterocycles. The number of amides is 1. The minimum absolute atomic E-state index is 0.0490. The molecule has 1 amide bonds. The van der Waals surface area contributed by atoms with Crippen molar-refractivity contribution >= 4 is 23.0 Å². The number of carbonyl (C=O) groups excluding carboxylic acids is 1. The Hall–Kier alpha value is -2.41. The first-order valence-corrected chi connectivity index (χ1v) is 6.32. The highest BCUT2D eigenvalue weighted by Gasteiger charge is 2.22. The molecule has 1 aliphatic rings. The van der Waals surface area contributed by atoms with E-state index in [9.17, 15) is 14.9 Å². The summed E-state index contributed by atoms with van der Waals surface area (Å²) in [5.74, 6) is -0.113. The van der Waals surface area contributed by atoms with E-state index in [-0.39, 0.29) is 11.6 Å². The van der Waals surface area contributed by atoms with Crippen LogP contribution in [-0.2, 0) is 11.2 Å². The van der Waals surface area contributed by atoms with E-state index in [1.807, 2.05) is 6.08 Å². The number of nitrogens with one attached hydrogen (secondary N) is 2. The van der Waals surface area contributed by atoms with Crippen LogP contribution in [0, 0.1) is 10.1 Å². The monoisotopic (exact) mass is 276 g/mol. The summed E-state index contributed by atoms with van der Waals surface area (Å²) in [6, 6.07) is 3.13. The Morgan fingerprint density at radius 3 is 2.90 bits per heavy atom. The van der Waals surface area contributed by atoms with E-state index in [0.717, 1.165) is 5.56 Å². The van der Waals surface area contributed by atoms with E-state index in [1.54, 1.807) is 12.1 Å². The van der Waals surface area contributed by atoms with Gasteiger partial charge in [0.1, 0.15) is 5.69 Å². The number of nitrogens with two attached hydrogens (primary N) is 1. The molecule has 1 aliphatic heterocycles. The molecular formula is C13H16N4O3. The van der Waals surface area contributed by atoms with Crippen LogP contribution in [0.15, 0.2) is 24.3 Å². The summed E-state index contributed by atoms with van der Waals surface area (Å²) >= 11 is 0. The molecule has 0 aromatic heterocycles. The lowest BCUT2D eigenvalue weighted by molar-refractivity contribution is -0.383. The second-order valence-corrected chi connectivity index (χ2v) is 4.42. The second-order valence-electron chi connectivity index (χ2n) is 4.42. The fourth-order valence-corrected chi connectivity index (χ4v) is 2.06. The first-order chi connectivity index (χ1) is 9.61. The standard InChI is InChI=1S/C13H16N4O3/c14-5-1-2-6-15-11-7-9-3-4-13(18)16-10(9)8-12(11)17(19)20/h1-2,7-8,15H,3-6,14H2,(H,16,18)/b2-1+. The molecule has 1 aromatic rings. The molecule has 1 heterocycles. The van der Waals surface area contributed by atoms with Gasteiger partial charge >= 0.3 is 0 Å². The Labute approximate surface area is 116 Å². The normalized spacial score (nSPS) is 13.9. The predicted molar refractivity (Wildman–Crippen MR) is 76.7 cm³/mol. The Morgan fingerprint density at radius 2 is 2.20 bits per heavy atom. The molecule has 7 heteroatoms. The fraction of sp³-hybridized carbons (Fsp3) is 0.308. The SMILES string of the molecule is NC/C=C/CNc1cc2c(cc1[N+](=O)[O-])NC(=O)CC2. The summed E-state index contributed by atoms with van der Waals surface area (Å²) in [7, 11) is 0. The maximum atomic E-state index is 11.3. The number of benzene rings is 1. The van der Waals surface area contributed by atoms with Crippen molar-refractivity contribution in [2.45, 2.75) is 12.8 Å². The van der Waals surface area contributed by atoms with Gasteiger partial charge in [-0.05, 0) is 18.1 Å². The van der Waals surface area contributed by atoms with E-state index in [1.165, 1.54) is 6.07 Å². The van der Waals surface area contributed by atoms with Crippen LogP contribution in [0.1, 0.15) is 12.0 Å². The summed E-state index contributed by atoms with van der Waals surface area (Å²) in [5.41, 5.74) is 7.16. The number of nitrogens with zero attached hydrogens (tertiary/aromatic N) is 1. The van der Waals surface area contributed by atoms with E-state index in [0.29, 0.717) is 37.3 Å². The van der Waals surface area contributed by atoms with Crippen molar-refractivity contribution in [3.05, 3.63) is 40.0 Å². The van der Waals surface area contributed by atoms with Gasteiger partial charge in [0, 0.05) is 25.6 Å². The number of fused-ring (bicyclic) bond motifs is 1. The number of hydrogen-bond donors (Lipinski definition) is 3. The zero-order valence-electron chi connectivity index (χ0n) is 10.9. The largest absolute Gasteiger partial charge is 0.376 e. The van der Waals surface area contributed by atoms with Gasteiger partial charge in [0.25, 0.3) is 5.69 Å². The second kappa shape index (κ2) is 6.16. The van der Waals surface area contributed by atoms with Crippen LogP contribution in [-0.4, -0.2) is 23.9 Å². The minimum atomic E-state index is -0.462. The van der Waals surface area contributed by atoms with Crippen molar-refractivity contribution in [2.24, 2.45) is 5.73 Å². The number of nitro benzene ring substituents is 1. The molecular weight excluding hydrogens is 260 g/mol. The van der Waals surface area contributed by atoms with E-state index >= 15 is 0 Å². The van der Waals surface area contributed by atoms with E-state index in [2.05, 4.69) is 10.6 Å². The lowest BCUT2D eigenvalue weighted by atomic mass is 10.0. The summed E-state index contributed by atoms with van der Waals surface area (Å²) in [5, 5.41) is 16.7. The molecule has 0 atom stereocenters. The molecule has 1 aromatic carbocycles. The third kappa shape index (κ3) is 3.12. The third-order valence-corrected chi connectivity index (χ3v) is 3.03. The number of carbonyl (C=O) groups is 1. The molecule has 0 unspecified atom stereocenters. The van der Waals surface area contributed by atoms with E-state index < -0.39 is 4.92 Å². The quantitative estimate of drug-likeness (QED) is 0.428. The van der Waals surface area contributed by atoms with Crippen LogP contribution in [0.3, 0.4) is 0 Å². The molecule has 106 valence electrons.